The van der Waals surface area contributed by atoms with Gasteiger partial charge in [0.2, 0.25) is 0 Å². The Morgan fingerprint density at radius 1 is 1.40 bits per heavy atom. The molecule has 0 amide bonds. The van der Waals surface area contributed by atoms with Crippen molar-refractivity contribution in [3.63, 3.8) is 0 Å². The fourth-order valence-corrected chi connectivity index (χ4v) is 2.33. The van der Waals surface area contributed by atoms with E-state index >= 15 is 0 Å². The summed E-state index contributed by atoms with van der Waals surface area (Å²) in [6.45, 7) is 2.18. The van der Waals surface area contributed by atoms with E-state index in [0.717, 1.165) is 24.8 Å². The molecule has 1 aliphatic carbocycles. The van der Waals surface area contributed by atoms with Gasteiger partial charge in [-0.25, -0.2) is 4.39 Å². The molecule has 0 heterocycles. The fraction of sp³-hybridized carbons (Fsp3) is 0.500. The van der Waals surface area contributed by atoms with Crippen LogP contribution in [0.4, 0.5) is 4.39 Å². The maximum Gasteiger partial charge on any atom is 0.123 e. The van der Waals surface area contributed by atoms with Gasteiger partial charge in [0.1, 0.15) is 5.82 Å². The lowest BCUT2D eigenvalue weighted by Crippen LogP contribution is -2.39. The summed E-state index contributed by atoms with van der Waals surface area (Å²) in [4.78, 5) is 0. The molecule has 1 aromatic carbocycles. The molecular formula is C12H17ClFN. The summed E-state index contributed by atoms with van der Waals surface area (Å²) >= 11 is 0. The van der Waals surface area contributed by atoms with E-state index in [9.17, 15) is 4.39 Å². The molecule has 1 atom stereocenters. The number of aryl methyl sites for hydroxylation is 1. The monoisotopic (exact) mass is 229 g/mol. The molecule has 2 rings (SSSR count). The Morgan fingerprint density at radius 3 is 2.80 bits per heavy atom. The third-order valence-corrected chi connectivity index (χ3v) is 3.34. The second-order valence-corrected chi connectivity index (χ2v) is 4.24. The van der Waals surface area contributed by atoms with Crippen LogP contribution in [0.3, 0.4) is 0 Å². The number of rotatable bonds is 1. The standard InChI is InChI=1S/C12H16FN.ClH/c1-12(14-2)7-3-4-9-8-10(13)5-6-11(9)12;/h5-6,8,14H,3-4,7H2,1-2H3;1H. The van der Waals surface area contributed by atoms with Gasteiger partial charge in [0.15, 0.2) is 0 Å². The van der Waals surface area contributed by atoms with Gasteiger partial charge in [0, 0.05) is 5.54 Å². The van der Waals surface area contributed by atoms with E-state index in [1.54, 1.807) is 12.1 Å². The summed E-state index contributed by atoms with van der Waals surface area (Å²) in [5.41, 5.74) is 2.45. The number of benzene rings is 1. The van der Waals surface area contributed by atoms with Crippen LogP contribution < -0.4 is 5.32 Å². The number of hydrogen-bond donors (Lipinski definition) is 1. The van der Waals surface area contributed by atoms with Crippen molar-refractivity contribution in [2.24, 2.45) is 0 Å². The number of nitrogens with one attached hydrogen (secondary N) is 1. The third-order valence-electron chi connectivity index (χ3n) is 3.34. The average Bonchev–Trinajstić information content (AvgIpc) is 2.18. The Bertz CT molecular complexity index is 353. The van der Waals surface area contributed by atoms with Crippen molar-refractivity contribution in [3.8, 4) is 0 Å². The highest BCUT2D eigenvalue weighted by Gasteiger charge is 2.30. The van der Waals surface area contributed by atoms with Crippen LogP contribution in [0.5, 0.6) is 0 Å². The minimum Gasteiger partial charge on any atom is -0.311 e. The van der Waals surface area contributed by atoms with Crippen molar-refractivity contribution in [1.29, 1.82) is 0 Å². The molecule has 1 nitrogen and oxygen atoms in total. The molecule has 1 aromatic rings. The van der Waals surface area contributed by atoms with Crippen molar-refractivity contribution in [3.05, 3.63) is 35.1 Å². The second-order valence-electron chi connectivity index (χ2n) is 4.24. The molecule has 0 spiro atoms. The van der Waals surface area contributed by atoms with E-state index < -0.39 is 0 Å². The Labute approximate surface area is 96.5 Å². The molecule has 1 aliphatic rings. The van der Waals surface area contributed by atoms with Gasteiger partial charge < -0.3 is 5.32 Å². The smallest absolute Gasteiger partial charge is 0.123 e. The highest BCUT2D eigenvalue weighted by atomic mass is 35.5. The number of hydrogen-bond acceptors (Lipinski definition) is 1. The van der Waals surface area contributed by atoms with Crippen molar-refractivity contribution in [1.82, 2.24) is 5.32 Å². The molecular weight excluding hydrogens is 213 g/mol. The molecule has 15 heavy (non-hydrogen) atoms. The SMILES string of the molecule is CNC1(C)CCCc2cc(F)ccc21.Cl. The lowest BCUT2D eigenvalue weighted by molar-refractivity contribution is 0.337. The minimum atomic E-state index is -0.121. The Balaban J connectivity index is 0.00000112. The summed E-state index contributed by atoms with van der Waals surface area (Å²) in [5.74, 6) is -0.121. The zero-order valence-electron chi connectivity index (χ0n) is 9.14. The third kappa shape index (κ3) is 2.16. The van der Waals surface area contributed by atoms with E-state index in [1.807, 2.05) is 13.1 Å². The van der Waals surface area contributed by atoms with Crippen molar-refractivity contribution in [2.75, 3.05) is 7.05 Å². The van der Waals surface area contributed by atoms with Gasteiger partial charge in [-0.3, -0.25) is 0 Å². The van der Waals surface area contributed by atoms with Crippen LogP contribution in [0.15, 0.2) is 18.2 Å². The van der Waals surface area contributed by atoms with E-state index in [4.69, 9.17) is 0 Å². The first-order chi connectivity index (χ1) is 6.65. The fourth-order valence-electron chi connectivity index (χ4n) is 2.33. The van der Waals surface area contributed by atoms with Gasteiger partial charge in [0.05, 0.1) is 0 Å². The summed E-state index contributed by atoms with van der Waals surface area (Å²) in [6.07, 6.45) is 3.26. The van der Waals surface area contributed by atoms with Crippen LogP contribution >= 0.6 is 12.4 Å². The molecule has 1 unspecified atom stereocenters. The first kappa shape index (κ1) is 12.5. The lowest BCUT2D eigenvalue weighted by atomic mass is 9.78. The molecule has 1 N–H and O–H groups in total. The summed E-state index contributed by atoms with van der Waals surface area (Å²) in [5, 5.41) is 3.33. The van der Waals surface area contributed by atoms with Gasteiger partial charge >= 0.3 is 0 Å². The minimum absolute atomic E-state index is 0. The zero-order chi connectivity index (χ0) is 10.2. The predicted molar refractivity (Wildman–Crippen MR) is 63.0 cm³/mol. The van der Waals surface area contributed by atoms with Gasteiger partial charge in [-0.15, -0.1) is 12.4 Å². The topological polar surface area (TPSA) is 12.0 Å². The van der Waals surface area contributed by atoms with E-state index in [1.165, 1.54) is 5.56 Å². The average molecular weight is 230 g/mol. The summed E-state index contributed by atoms with van der Waals surface area (Å²) < 4.78 is 13.0. The highest BCUT2D eigenvalue weighted by molar-refractivity contribution is 5.85. The van der Waals surface area contributed by atoms with Crippen LogP contribution in [0.25, 0.3) is 0 Å². The molecule has 84 valence electrons. The molecule has 0 saturated heterocycles. The molecule has 3 heteroatoms. The van der Waals surface area contributed by atoms with Crippen LogP contribution in [0, 0.1) is 5.82 Å². The van der Waals surface area contributed by atoms with Gasteiger partial charge in [-0.05, 0) is 56.5 Å². The second kappa shape index (κ2) is 4.50. The summed E-state index contributed by atoms with van der Waals surface area (Å²) in [6, 6.07) is 5.14. The van der Waals surface area contributed by atoms with E-state index in [2.05, 4.69) is 12.2 Å². The van der Waals surface area contributed by atoms with Gasteiger partial charge in [-0.1, -0.05) is 6.07 Å². The van der Waals surface area contributed by atoms with Gasteiger partial charge in [-0.2, -0.15) is 0 Å². The molecule has 0 aliphatic heterocycles. The predicted octanol–water partition coefficient (Wildman–Crippen LogP) is 3.02. The quantitative estimate of drug-likeness (QED) is 0.781. The van der Waals surface area contributed by atoms with Crippen molar-refractivity contribution >= 4 is 12.4 Å². The number of fused-ring (bicyclic) bond motifs is 1. The maximum absolute atomic E-state index is 13.0. The maximum atomic E-state index is 13.0. The molecule has 0 radical (unpaired) electrons. The van der Waals surface area contributed by atoms with E-state index in [-0.39, 0.29) is 23.8 Å². The zero-order valence-corrected chi connectivity index (χ0v) is 9.96. The van der Waals surface area contributed by atoms with Crippen molar-refractivity contribution < 1.29 is 4.39 Å². The molecule has 0 fully saturated rings. The highest BCUT2D eigenvalue weighted by Crippen LogP contribution is 2.34. The van der Waals surface area contributed by atoms with Crippen LogP contribution in [0.1, 0.15) is 30.9 Å². The van der Waals surface area contributed by atoms with Crippen LogP contribution in [-0.2, 0) is 12.0 Å². The first-order valence-corrected chi connectivity index (χ1v) is 5.13. The lowest BCUT2D eigenvalue weighted by Gasteiger charge is -2.35. The van der Waals surface area contributed by atoms with Crippen molar-refractivity contribution in [2.45, 2.75) is 31.7 Å². The largest absolute Gasteiger partial charge is 0.311 e. The Hall–Kier alpha value is -0.600. The molecule has 0 bridgehead atoms. The first-order valence-electron chi connectivity index (χ1n) is 5.13. The van der Waals surface area contributed by atoms with Gasteiger partial charge in [0.25, 0.3) is 0 Å². The Kier molecular flexibility index (Phi) is 3.74. The normalized spacial score (nSPS) is 24.2. The van der Waals surface area contributed by atoms with Crippen LogP contribution in [0.2, 0.25) is 0 Å². The molecule has 0 saturated carbocycles. The Morgan fingerprint density at radius 2 is 2.13 bits per heavy atom. The van der Waals surface area contributed by atoms with E-state index in [0.29, 0.717) is 0 Å². The molecule has 0 aromatic heterocycles. The summed E-state index contributed by atoms with van der Waals surface area (Å²) in [7, 11) is 1.97. The van der Waals surface area contributed by atoms with Crippen LogP contribution in [-0.4, -0.2) is 7.05 Å². The number of halogens is 2.